The zero-order chi connectivity index (χ0) is 17.4. The van der Waals surface area contributed by atoms with Gasteiger partial charge in [-0.2, -0.15) is 0 Å². The number of nitrogens with one attached hydrogen (secondary N) is 1. The fourth-order valence-corrected chi connectivity index (χ4v) is 1.99. The normalized spacial score (nSPS) is 9.92. The summed E-state index contributed by atoms with van der Waals surface area (Å²) < 4.78 is 15.2. The number of ether oxygens (including phenoxy) is 3. The summed E-state index contributed by atoms with van der Waals surface area (Å²) >= 11 is 0. The molecule has 0 aliphatic rings. The second-order valence-corrected chi connectivity index (χ2v) is 4.94. The Kier molecular flexibility index (Phi) is 6.19. The van der Waals surface area contributed by atoms with Crippen molar-refractivity contribution in [3.8, 4) is 11.5 Å². The number of rotatable bonds is 7. The molecule has 0 fully saturated rings. The Labute approximate surface area is 140 Å². The molecule has 0 aromatic heterocycles. The van der Waals surface area contributed by atoms with Crippen LogP contribution in [-0.4, -0.2) is 32.7 Å². The highest BCUT2D eigenvalue weighted by molar-refractivity contribution is 5.92. The van der Waals surface area contributed by atoms with Crippen LogP contribution in [0.25, 0.3) is 0 Å². The van der Waals surface area contributed by atoms with Gasteiger partial charge in [0.25, 0.3) is 5.91 Å². The maximum atomic E-state index is 12.0. The molecule has 1 amide bonds. The summed E-state index contributed by atoms with van der Waals surface area (Å²) in [6.07, 6.45) is 0. The van der Waals surface area contributed by atoms with Gasteiger partial charge in [0, 0.05) is 12.6 Å². The van der Waals surface area contributed by atoms with Crippen molar-refractivity contribution in [2.75, 3.05) is 20.8 Å². The molecule has 0 radical (unpaired) electrons. The van der Waals surface area contributed by atoms with E-state index in [4.69, 9.17) is 14.2 Å². The molecule has 0 atom stereocenters. The van der Waals surface area contributed by atoms with E-state index in [-0.39, 0.29) is 18.1 Å². The van der Waals surface area contributed by atoms with E-state index in [0.717, 1.165) is 5.56 Å². The maximum absolute atomic E-state index is 12.0. The second kappa shape index (κ2) is 8.57. The van der Waals surface area contributed by atoms with E-state index in [0.29, 0.717) is 18.0 Å². The van der Waals surface area contributed by atoms with Gasteiger partial charge in [-0.15, -0.1) is 0 Å². The molecule has 0 aliphatic heterocycles. The molecular formula is C18H19NO5. The summed E-state index contributed by atoms with van der Waals surface area (Å²) in [6.45, 7) is 0.0232. The molecule has 0 bridgehead atoms. The van der Waals surface area contributed by atoms with Gasteiger partial charge in [0.1, 0.15) is 11.5 Å². The number of methoxy groups -OCH3 is 2. The molecule has 0 aliphatic carbocycles. The zero-order valence-electron chi connectivity index (χ0n) is 13.6. The number of benzene rings is 2. The maximum Gasteiger partial charge on any atom is 0.338 e. The van der Waals surface area contributed by atoms with Crippen molar-refractivity contribution >= 4 is 11.9 Å². The molecule has 0 heterocycles. The Bertz CT molecular complexity index is 678. The molecule has 1 N–H and O–H groups in total. The van der Waals surface area contributed by atoms with Crippen molar-refractivity contribution in [3.05, 3.63) is 59.7 Å². The van der Waals surface area contributed by atoms with E-state index in [1.807, 2.05) is 30.3 Å². The van der Waals surface area contributed by atoms with Crippen LogP contribution in [0, 0.1) is 0 Å². The summed E-state index contributed by atoms with van der Waals surface area (Å²) in [5.74, 6) is -0.0613. The van der Waals surface area contributed by atoms with Crippen molar-refractivity contribution in [1.29, 1.82) is 0 Å². The molecule has 126 valence electrons. The van der Waals surface area contributed by atoms with Gasteiger partial charge in [0.05, 0.1) is 19.8 Å². The summed E-state index contributed by atoms with van der Waals surface area (Å²) in [7, 11) is 2.97. The standard InChI is InChI=1S/C18H19NO5/c1-22-15-8-14(9-16(10-15)23-2)18(21)24-12-17(20)19-11-13-6-4-3-5-7-13/h3-10H,11-12H2,1-2H3,(H,19,20). The first kappa shape index (κ1) is 17.3. The van der Waals surface area contributed by atoms with Crippen LogP contribution in [-0.2, 0) is 16.1 Å². The largest absolute Gasteiger partial charge is 0.497 e. The van der Waals surface area contributed by atoms with Crippen LogP contribution in [0.1, 0.15) is 15.9 Å². The van der Waals surface area contributed by atoms with Crippen molar-refractivity contribution in [1.82, 2.24) is 5.32 Å². The molecule has 0 unspecified atom stereocenters. The minimum absolute atomic E-state index is 0.252. The van der Waals surface area contributed by atoms with Crippen LogP contribution in [0.3, 0.4) is 0 Å². The molecule has 0 saturated carbocycles. The molecule has 2 aromatic carbocycles. The Morgan fingerprint density at radius 1 is 0.958 bits per heavy atom. The lowest BCUT2D eigenvalue weighted by molar-refractivity contribution is -0.124. The third-order valence-corrected chi connectivity index (χ3v) is 3.25. The highest BCUT2D eigenvalue weighted by atomic mass is 16.5. The van der Waals surface area contributed by atoms with Crippen molar-refractivity contribution in [2.24, 2.45) is 0 Å². The first-order chi connectivity index (χ1) is 11.6. The lowest BCUT2D eigenvalue weighted by atomic mass is 10.2. The first-order valence-electron chi connectivity index (χ1n) is 7.33. The Hall–Kier alpha value is -3.02. The molecule has 0 spiro atoms. The Morgan fingerprint density at radius 2 is 1.58 bits per heavy atom. The monoisotopic (exact) mass is 329 g/mol. The summed E-state index contributed by atoms with van der Waals surface area (Å²) in [6, 6.07) is 14.2. The Balaban J connectivity index is 1.87. The number of esters is 1. The van der Waals surface area contributed by atoms with Crippen LogP contribution in [0.15, 0.2) is 48.5 Å². The van der Waals surface area contributed by atoms with Gasteiger partial charge in [-0.05, 0) is 17.7 Å². The van der Waals surface area contributed by atoms with Gasteiger partial charge in [0.2, 0.25) is 0 Å². The van der Waals surface area contributed by atoms with Crippen molar-refractivity contribution in [2.45, 2.75) is 6.54 Å². The van der Waals surface area contributed by atoms with Gasteiger partial charge < -0.3 is 19.5 Å². The number of carbonyl (C=O) groups excluding carboxylic acids is 2. The van der Waals surface area contributed by atoms with E-state index in [2.05, 4.69) is 5.32 Å². The third-order valence-electron chi connectivity index (χ3n) is 3.25. The smallest absolute Gasteiger partial charge is 0.338 e. The van der Waals surface area contributed by atoms with Crippen LogP contribution in [0.2, 0.25) is 0 Å². The number of hydrogen-bond acceptors (Lipinski definition) is 5. The van der Waals surface area contributed by atoms with Gasteiger partial charge in [0.15, 0.2) is 6.61 Å². The lowest BCUT2D eigenvalue weighted by Crippen LogP contribution is -2.28. The fourth-order valence-electron chi connectivity index (χ4n) is 1.99. The number of carbonyl (C=O) groups is 2. The molecule has 6 nitrogen and oxygen atoms in total. The minimum Gasteiger partial charge on any atom is -0.497 e. The van der Waals surface area contributed by atoms with Crippen LogP contribution in [0.5, 0.6) is 11.5 Å². The van der Waals surface area contributed by atoms with E-state index in [9.17, 15) is 9.59 Å². The van der Waals surface area contributed by atoms with E-state index in [1.165, 1.54) is 26.4 Å². The van der Waals surface area contributed by atoms with Gasteiger partial charge in [-0.1, -0.05) is 30.3 Å². The molecule has 2 rings (SSSR count). The summed E-state index contributed by atoms with van der Waals surface area (Å²) in [4.78, 5) is 23.8. The predicted octanol–water partition coefficient (Wildman–Crippen LogP) is 2.18. The molecule has 6 heteroatoms. The SMILES string of the molecule is COc1cc(OC)cc(C(=O)OCC(=O)NCc2ccccc2)c1. The average Bonchev–Trinajstić information content (AvgIpc) is 2.64. The quantitative estimate of drug-likeness (QED) is 0.788. The average molecular weight is 329 g/mol. The fraction of sp³-hybridized carbons (Fsp3) is 0.222. The molecule has 0 saturated heterocycles. The van der Waals surface area contributed by atoms with E-state index >= 15 is 0 Å². The Morgan fingerprint density at radius 3 is 2.17 bits per heavy atom. The lowest BCUT2D eigenvalue weighted by Gasteiger charge is -2.09. The highest BCUT2D eigenvalue weighted by Gasteiger charge is 2.13. The minimum atomic E-state index is -0.623. The van der Waals surface area contributed by atoms with Gasteiger partial charge in [-0.25, -0.2) is 4.79 Å². The van der Waals surface area contributed by atoms with Gasteiger partial charge in [-0.3, -0.25) is 4.79 Å². The summed E-state index contributed by atoms with van der Waals surface area (Å²) in [5.41, 5.74) is 1.22. The van der Waals surface area contributed by atoms with Crippen LogP contribution in [0.4, 0.5) is 0 Å². The highest BCUT2D eigenvalue weighted by Crippen LogP contribution is 2.22. The van der Waals surface area contributed by atoms with Gasteiger partial charge >= 0.3 is 5.97 Å². The van der Waals surface area contributed by atoms with Crippen molar-refractivity contribution in [3.63, 3.8) is 0 Å². The molecular weight excluding hydrogens is 310 g/mol. The number of hydrogen-bond donors (Lipinski definition) is 1. The zero-order valence-corrected chi connectivity index (χ0v) is 13.6. The van der Waals surface area contributed by atoms with Crippen LogP contribution >= 0.6 is 0 Å². The third kappa shape index (κ3) is 5.01. The first-order valence-corrected chi connectivity index (χ1v) is 7.33. The van der Waals surface area contributed by atoms with E-state index < -0.39 is 5.97 Å². The van der Waals surface area contributed by atoms with Crippen LogP contribution < -0.4 is 14.8 Å². The molecule has 2 aromatic rings. The summed E-state index contributed by atoms with van der Waals surface area (Å²) in [5, 5.41) is 2.69. The number of amides is 1. The topological polar surface area (TPSA) is 73.9 Å². The predicted molar refractivity (Wildman–Crippen MR) is 88.1 cm³/mol. The van der Waals surface area contributed by atoms with Crippen molar-refractivity contribution < 1.29 is 23.8 Å². The van der Waals surface area contributed by atoms with E-state index in [1.54, 1.807) is 6.07 Å². The second-order valence-electron chi connectivity index (χ2n) is 4.94. The molecule has 24 heavy (non-hydrogen) atoms.